The molecule has 0 atom stereocenters. The van der Waals surface area contributed by atoms with Gasteiger partial charge in [-0.15, -0.1) is 13.2 Å². The molecule has 0 aliphatic rings. The van der Waals surface area contributed by atoms with Gasteiger partial charge in [-0.1, -0.05) is 0 Å². The van der Waals surface area contributed by atoms with Crippen LogP contribution in [0.1, 0.15) is 5.56 Å². The summed E-state index contributed by atoms with van der Waals surface area (Å²) < 4.78 is 55.5. The first kappa shape index (κ1) is 12.1. The quantitative estimate of drug-likeness (QED) is 0.756. The Morgan fingerprint density at radius 1 is 1.25 bits per heavy atom. The lowest BCUT2D eigenvalue weighted by Crippen LogP contribution is -2.17. The molecule has 0 heterocycles. The molecular weight excluding hydrogens is 230 g/mol. The van der Waals surface area contributed by atoms with Gasteiger partial charge < -0.3 is 9.47 Å². The lowest BCUT2D eigenvalue weighted by Gasteiger charge is -2.12. The van der Waals surface area contributed by atoms with Crippen LogP contribution in [0.15, 0.2) is 18.2 Å². The molecule has 0 unspecified atom stereocenters. The molecule has 16 heavy (non-hydrogen) atoms. The van der Waals surface area contributed by atoms with Gasteiger partial charge >= 0.3 is 6.36 Å². The third-order valence-electron chi connectivity index (χ3n) is 1.51. The van der Waals surface area contributed by atoms with Crippen LogP contribution in [0.5, 0.6) is 11.5 Å². The Morgan fingerprint density at radius 2 is 1.94 bits per heavy atom. The van der Waals surface area contributed by atoms with E-state index in [0.29, 0.717) is 0 Å². The molecule has 0 radical (unpaired) electrons. The first-order chi connectivity index (χ1) is 7.46. The average Bonchev–Trinajstić information content (AvgIpc) is 2.19. The number of hydrogen-bond acceptors (Lipinski definition) is 3. The van der Waals surface area contributed by atoms with Crippen LogP contribution >= 0.6 is 0 Å². The van der Waals surface area contributed by atoms with Crippen molar-refractivity contribution in [2.75, 3.05) is 6.86 Å². The second-order valence-corrected chi connectivity index (χ2v) is 2.57. The van der Waals surface area contributed by atoms with E-state index in [9.17, 15) is 17.6 Å². The molecule has 0 bridgehead atoms. The summed E-state index contributed by atoms with van der Waals surface area (Å²) >= 11 is 0. The van der Waals surface area contributed by atoms with Crippen LogP contribution in [-0.2, 0) is 0 Å². The number of benzene rings is 1. The van der Waals surface area contributed by atoms with Crippen molar-refractivity contribution in [3.05, 3.63) is 23.8 Å². The van der Waals surface area contributed by atoms with Crippen molar-refractivity contribution in [3.63, 3.8) is 0 Å². The molecule has 0 spiro atoms. The lowest BCUT2D eigenvalue weighted by molar-refractivity contribution is -0.275. The maximum absolute atomic E-state index is 11.9. The number of rotatable bonds is 3. The first-order valence-corrected chi connectivity index (χ1v) is 3.95. The zero-order valence-electron chi connectivity index (χ0n) is 7.71. The van der Waals surface area contributed by atoms with Crippen LogP contribution in [0.3, 0.4) is 0 Å². The molecule has 0 aliphatic carbocycles. The zero-order valence-corrected chi connectivity index (χ0v) is 7.71. The van der Waals surface area contributed by atoms with Crippen LogP contribution in [0.2, 0.25) is 0 Å². The minimum absolute atomic E-state index is 0.0398. The van der Waals surface area contributed by atoms with Gasteiger partial charge in [0.1, 0.15) is 0 Å². The summed E-state index contributed by atoms with van der Waals surface area (Å²) in [4.78, 5) is 0. The van der Waals surface area contributed by atoms with Gasteiger partial charge in [0.15, 0.2) is 11.5 Å². The highest BCUT2D eigenvalue weighted by molar-refractivity contribution is 5.46. The van der Waals surface area contributed by atoms with E-state index in [0.717, 1.165) is 18.2 Å². The molecule has 0 N–H and O–H groups in total. The van der Waals surface area contributed by atoms with Crippen molar-refractivity contribution in [2.24, 2.45) is 0 Å². The van der Waals surface area contributed by atoms with Crippen molar-refractivity contribution in [1.82, 2.24) is 0 Å². The Morgan fingerprint density at radius 3 is 2.44 bits per heavy atom. The van der Waals surface area contributed by atoms with Gasteiger partial charge in [0.05, 0.1) is 11.6 Å². The largest absolute Gasteiger partial charge is 0.573 e. The van der Waals surface area contributed by atoms with Crippen molar-refractivity contribution >= 4 is 0 Å². The Labute approximate surface area is 87.8 Å². The number of nitrogens with zero attached hydrogens (tertiary/aromatic N) is 1. The van der Waals surface area contributed by atoms with E-state index in [2.05, 4.69) is 9.47 Å². The molecule has 0 fully saturated rings. The standard InChI is InChI=1S/C9H5F4NO2/c10-5-15-8-3-6(4-14)1-2-7(8)16-9(11,12)13/h1-3H,5H2. The monoisotopic (exact) mass is 235 g/mol. The van der Waals surface area contributed by atoms with E-state index in [1.54, 1.807) is 6.07 Å². The molecular formula is C9H5F4NO2. The van der Waals surface area contributed by atoms with Crippen molar-refractivity contribution in [2.45, 2.75) is 6.36 Å². The van der Waals surface area contributed by atoms with Crippen LogP contribution < -0.4 is 9.47 Å². The molecule has 0 aromatic heterocycles. The van der Waals surface area contributed by atoms with Gasteiger partial charge in [-0.25, -0.2) is 4.39 Å². The molecule has 1 aromatic carbocycles. The number of ether oxygens (including phenoxy) is 2. The fraction of sp³-hybridized carbons (Fsp3) is 0.222. The number of alkyl halides is 4. The van der Waals surface area contributed by atoms with Crippen molar-refractivity contribution < 1.29 is 27.0 Å². The van der Waals surface area contributed by atoms with E-state index >= 15 is 0 Å². The Kier molecular flexibility index (Phi) is 3.55. The van der Waals surface area contributed by atoms with E-state index in [1.165, 1.54) is 0 Å². The normalized spacial score (nSPS) is 10.7. The Balaban J connectivity index is 3.04. The van der Waals surface area contributed by atoms with Gasteiger partial charge in [-0.2, -0.15) is 5.26 Å². The molecule has 1 aromatic rings. The van der Waals surface area contributed by atoms with Gasteiger partial charge in [0.2, 0.25) is 6.86 Å². The minimum Gasteiger partial charge on any atom is -0.459 e. The SMILES string of the molecule is N#Cc1ccc(OC(F)(F)F)c(OCF)c1. The minimum atomic E-state index is -4.90. The summed E-state index contributed by atoms with van der Waals surface area (Å²) in [6.45, 7) is -1.32. The summed E-state index contributed by atoms with van der Waals surface area (Å²) in [5, 5.41) is 8.49. The van der Waals surface area contributed by atoms with Crippen LogP contribution in [0.4, 0.5) is 17.6 Å². The predicted molar refractivity (Wildman–Crippen MR) is 44.4 cm³/mol. The average molecular weight is 235 g/mol. The second-order valence-electron chi connectivity index (χ2n) is 2.57. The van der Waals surface area contributed by atoms with Crippen LogP contribution in [0, 0.1) is 11.3 Å². The molecule has 0 saturated carbocycles. The number of halogens is 4. The smallest absolute Gasteiger partial charge is 0.459 e. The Bertz CT molecular complexity index is 411. The molecule has 7 heteroatoms. The van der Waals surface area contributed by atoms with E-state index in [1.807, 2.05) is 0 Å². The van der Waals surface area contributed by atoms with Gasteiger partial charge in [-0.3, -0.25) is 0 Å². The fourth-order valence-electron chi connectivity index (χ4n) is 0.958. The second kappa shape index (κ2) is 4.70. The van der Waals surface area contributed by atoms with Gasteiger partial charge in [-0.05, 0) is 12.1 Å². The summed E-state index contributed by atoms with van der Waals surface area (Å²) in [6.07, 6.45) is -4.90. The fourth-order valence-corrected chi connectivity index (χ4v) is 0.958. The Hall–Kier alpha value is -1.97. The molecule has 0 aliphatic heterocycles. The highest BCUT2D eigenvalue weighted by Gasteiger charge is 2.32. The highest BCUT2D eigenvalue weighted by Crippen LogP contribution is 2.32. The molecule has 86 valence electrons. The van der Waals surface area contributed by atoms with Gasteiger partial charge in [0, 0.05) is 6.07 Å². The molecule has 0 amide bonds. The highest BCUT2D eigenvalue weighted by atomic mass is 19.4. The first-order valence-electron chi connectivity index (χ1n) is 3.95. The summed E-state index contributed by atoms with van der Waals surface area (Å²) in [7, 11) is 0. The van der Waals surface area contributed by atoms with Crippen molar-refractivity contribution in [3.8, 4) is 17.6 Å². The third-order valence-corrected chi connectivity index (χ3v) is 1.51. The number of nitriles is 1. The molecule has 3 nitrogen and oxygen atoms in total. The number of hydrogen-bond donors (Lipinski definition) is 0. The van der Waals surface area contributed by atoms with Crippen LogP contribution in [0.25, 0.3) is 0 Å². The summed E-state index contributed by atoms with van der Waals surface area (Å²) in [5.41, 5.74) is 0.0398. The summed E-state index contributed by atoms with van der Waals surface area (Å²) in [5.74, 6) is -1.16. The van der Waals surface area contributed by atoms with Gasteiger partial charge in [0.25, 0.3) is 0 Å². The maximum atomic E-state index is 11.9. The van der Waals surface area contributed by atoms with Crippen molar-refractivity contribution in [1.29, 1.82) is 5.26 Å². The van der Waals surface area contributed by atoms with Crippen LogP contribution in [-0.4, -0.2) is 13.2 Å². The third kappa shape index (κ3) is 3.31. The van der Waals surface area contributed by atoms with E-state index in [-0.39, 0.29) is 5.56 Å². The zero-order chi connectivity index (χ0) is 12.2. The lowest BCUT2D eigenvalue weighted by atomic mass is 10.2. The summed E-state index contributed by atoms with van der Waals surface area (Å²) in [6, 6.07) is 4.62. The van der Waals surface area contributed by atoms with E-state index < -0.39 is 24.7 Å². The topological polar surface area (TPSA) is 42.2 Å². The maximum Gasteiger partial charge on any atom is 0.573 e. The molecule has 1 rings (SSSR count). The predicted octanol–water partition coefficient (Wildman–Crippen LogP) is 2.76. The molecule has 0 saturated heterocycles. The van der Waals surface area contributed by atoms with E-state index in [4.69, 9.17) is 5.26 Å².